The average molecular weight is 392 g/mol. The van der Waals surface area contributed by atoms with E-state index in [1.54, 1.807) is 43.3 Å². The second-order valence-corrected chi connectivity index (χ2v) is 6.23. The Balaban J connectivity index is 1.55. The van der Waals surface area contributed by atoms with Gasteiger partial charge < -0.3 is 24.3 Å². The van der Waals surface area contributed by atoms with Gasteiger partial charge in [0.2, 0.25) is 6.10 Å². The van der Waals surface area contributed by atoms with Gasteiger partial charge in [-0.25, -0.2) is 4.79 Å². The van der Waals surface area contributed by atoms with Crippen LogP contribution in [-0.2, 0) is 14.3 Å². The van der Waals surface area contributed by atoms with Crippen molar-refractivity contribution in [3.05, 3.63) is 47.0 Å². The molecule has 0 fully saturated rings. The van der Waals surface area contributed by atoms with Crippen LogP contribution in [0.15, 0.2) is 36.4 Å². The Labute approximate surface area is 161 Å². The third-order valence-corrected chi connectivity index (χ3v) is 4.28. The number of amides is 1. The number of aryl methyl sites for hydroxylation is 1. The number of methoxy groups -OCH3 is 1. The Hall–Kier alpha value is -2.93. The molecular formula is C19H18ClNO6. The summed E-state index contributed by atoms with van der Waals surface area (Å²) >= 11 is 6.04. The first kappa shape index (κ1) is 18.8. The van der Waals surface area contributed by atoms with E-state index in [1.807, 2.05) is 0 Å². The quantitative estimate of drug-likeness (QED) is 0.789. The molecule has 3 rings (SSSR count). The number of halogens is 1. The second-order valence-electron chi connectivity index (χ2n) is 5.82. The van der Waals surface area contributed by atoms with Crippen molar-refractivity contribution in [3.8, 4) is 17.2 Å². The van der Waals surface area contributed by atoms with E-state index in [0.717, 1.165) is 5.56 Å². The number of hydrogen-bond acceptors (Lipinski definition) is 6. The lowest BCUT2D eigenvalue weighted by atomic mass is 10.2. The van der Waals surface area contributed by atoms with E-state index in [0.29, 0.717) is 28.0 Å². The number of esters is 1. The molecule has 142 valence electrons. The van der Waals surface area contributed by atoms with Crippen LogP contribution in [0.3, 0.4) is 0 Å². The normalized spacial score (nSPS) is 15.0. The van der Waals surface area contributed by atoms with Gasteiger partial charge in [0.1, 0.15) is 12.4 Å². The molecule has 0 spiro atoms. The van der Waals surface area contributed by atoms with Gasteiger partial charge in [-0.1, -0.05) is 23.7 Å². The highest BCUT2D eigenvalue weighted by Gasteiger charge is 2.29. The van der Waals surface area contributed by atoms with Crippen LogP contribution < -0.4 is 19.5 Å². The zero-order valence-corrected chi connectivity index (χ0v) is 15.5. The van der Waals surface area contributed by atoms with E-state index in [2.05, 4.69) is 5.32 Å². The van der Waals surface area contributed by atoms with Gasteiger partial charge in [-0.3, -0.25) is 4.79 Å². The van der Waals surface area contributed by atoms with Crippen molar-refractivity contribution in [2.24, 2.45) is 0 Å². The molecule has 1 atom stereocenters. The van der Waals surface area contributed by atoms with Crippen molar-refractivity contribution in [1.82, 2.24) is 0 Å². The standard InChI is InChI=1S/C19H18ClNO6/c1-11-7-13(16(24-2)8-12(11)20)21-18(22)10-26-19(23)17-9-25-14-5-3-4-6-15(14)27-17/h3-8,17H,9-10H2,1-2H3,(H,21,22)/t17-/m0/s1. The van der Waals surface area contributed by atoms with E-state index in [4.69, 9.17) is 30.5 Å². The largest absolute Gasteiger partial charge is 0.495 e. The number of nitrogens with one attached hydrogen (secondary N) is 1. The van der Waals surface area contributed by atoms with Crippen molar-refractivity contribution < 1.29 is 28.5 Å². The van der Waals surface area contributed by atoms with Crippen molar-refractivity contribution >= 4 is 29.2 Å². The van der Waals surface area contributed by atoms with Crippen LogP contribution in [0.2, 0.25) is 5.02 Å². The van der Waals surface area contributed by atoms with Crippen molar-refractivity contribution in [1.29, 1.82) is 0 Å². The summed E-state index contributed by atoms with van der Waals surface area (Å²) < 4.78 is 21.2. The highest BCUT2D eigenvalue weighted by Crippen LogP contribution is 2.32. The molecule has 1 heterocycles. The van der Waals surface area contributed by atoms with Gasteiger partial charge in [-0.15, -0.1) is 0 Å². The second kappa shape index (κ2) is 8.18. The number of anilines is 1. The van der Waals surface area contributed by atoms with Gasteiger partial charge in [0.15, 0.2) is 18.1 Å². The smallest absolute Gasteiger partial charge is 0.351 e. The van der Waals surface area contributed by atoms with E-state index in [9.17, 15) is 9.59 Å². The molecule has 8 heteroatoms. The lowest BCUT2D eigenvalue weighted by molar-refractivity contribution is -0.156. The lowest BCUT2D eigenvalue weighted by Crippen LogP contribution is -2.39. The minimum absolute atomic E-state index is 0.0155. The first-order valence-electron chi connectivity index (χ1n) is 8.17. The van der Waals surface area contributed by atoms with Gasteiger partial charge in [-0.2, -0.15) is 0 Å². The maximum Gasteiger partial charge on any atom is 0.351 e. The number of fused-ring (bicyclic) bond motifs is 1. The third-order valence-electron chi connectivity index (χ3n) is 3.87. The Morgan fingerprint density at radius 1 is 1.26 bits per heavy atom. The first-order valence-corrected chi connectivity index (χ1v) is 8.55. The first-order chi connectivity index (χ1) is 13.0. The van der Waals surface area contributed by atoms with Crippen LogP contribution in [0.5, 0.6) is 17.2 Å². The van der Waals surface area contributed by atoms with Gasteiger partial charge >= 0.3 is 5.97 Å². The van der Waals surface area contributed by atoms with E-state index in [1.165, 1.54) is 7.11 Å². The summed E-state index contributed by atoms with van der Waals surface area (Å²) in [6.07, 6.45) is -0.931. The fourth-order valence-corrected chi connectivity index (χ4v) is 2.64. The topological polar surface area (TPSA) is 83.1 Å². The average Bonchev–Trinajstić information content (AvgIpc) is 2.68. The fraction of sp³-hybridized carbons (Fsp3) is 0.263. The van der Waals surface area contributed by atoms with Crippen LogP contribution in [0.25, 0.3) is 0 Å². The van der Waals surface area contributed by atoms with Crippen molar-refractivity contribution in [2.45, 2.75) is 13.0 Å². The van der Waals surface area contributed by atoms with Crippen LogP contribution >= 0.6 is 11.6 Å². The number of carbonyl (C=O) groups is 2. The number of carbonyl (C=O) groups excluding carboxylic acids is 2. The predicted octanol–water partition coefficient (Wildman–Crippen LogP) is 2.98. The van der Waals surface area contributed by atoms with Gasteiger partial charge in [0.25, 0.3) is 5.91 Å². The predicted molar refractivity (Wildman–Crippen MR) is 98.7 cm³/mol. The SMILES string of the molecule is COc1cc(Cl)c(C)cc1NC(=O)COC(=O)[C@@H]1COc2ccccc2O1. The van der Waals surface area contributed by atoms with E-state index in [-0.39, 0.29) is 6.61 Å². The minimum Gasteiger partial charge on any atom is -0.495 e. The molecule has 0 aliphatic carbocycles. The zero-order valence-electron chi connectivity index (χ0n) is 14.8. The number of para-hydroxylation sites is 2. The van der Waals surface area contributed by atoms with Crippen LogP contribution in [0.1, 0.15) is 5.56 Å². The van der Waals surface area contributed by atoms with E-state index >= 15 is 0 Å². The molecule has 0 saturated carbocycles. The maximum absolute atomic E-state index is 12.1. The number of benzene rings is 2. The fourth-order valence-electron chi connectivity index (χ4n) is 2.48. The minimum atomic E-state index is -0.931. The van der Waals surface area contributed by atoms with E-state index < -0.39 is 24.6 Å². The van der Waals surface area contributed by atoms with Gasteiger partial charge in [0, 0.05) is 11.1 Å². The molecule has 1 aliphatic rings. The summed E-state index contributed by atoms with van der Waals surface area (Å²) in [5.41, 5.74) is 1.21. The molecule has 2 aromatic rings. The molecule has 27 heavy (non-hydrogen) atoms. The van der Waals surface area contributed by atoms with Crippen LogP contribution in [0.4, 0.5) is 5.69 Å². The number of rotatable bonds is 5. The highest BCUT2D eigenvalue weighted by molar-refractivity contribution is 6.31. The summed E-state index contributed by atoms with van der Waals surface area (Å²) in [6.45, 7) is 1.35. The highest BCUT2D eigenvalue weighted by atomic mass is 35.5. The molecule has 1 N–H and O–H groups in total. The maximum atomic E-state index is 12.1. The van der Waals surface area contributed by atoms with Gasteiger partial charge in [0.05, 0.1) is 12.8 Å². The summed E-state index contributed by atoms with van der Waals surface area (Å²) in [7, 11) is 1.47. The van der Waals surface area contributed by atoms with Crippen LogP contribution in [-0.4, -0.2) is 38.3 Å². The molecule has 0 saturated heterocycles. The molecule has 7 nitrogen and oxygen atoms in total. The molecule has 0 radical (unpaired) electrons. The zero-order chi connectivity index (χ0) is 19.4. The Morgan fingerprint density at radius 2 is 2.00 bits per heavy atom. The summed E-state index contributed by atoms with van der Waals surface area (Å²) in [6, 6.07) is 10.3. The monoisotopic (exact) mass is 391 g/mol. The molecule has 1 aliphatic heterocycles. The molecule has 2 aromatic carbocycles. The summed E-state index contributed by atoms with van der Waals surface area (Å²) in [5, 5.41) is 3.15. The third kappa shape index (κ3) is 4.43. The Kier molecular flexibility index (Phi) is 5.71. The Morgan fingerprint density at radius 3 is 2.74 bits per heavy atom. The molecule has 1 amide bonds. The van der Waals surface area contributed by atoms with Crippen molar-refractivity contribution in [3.63, 3.8) is 0 Å². The molecule has 0 aromatic heterocycles. The summed E-state index contributed by atoms with van der Waals surface area (Å²) in [5.74, 6) is 0.228. The summed E-state index contributed by atoms with van der Waals surface area (Å²) in [4.78, 5) is 24.3. The Bertz CT molecular complexity index is 869. The van der Waals surface area contributed by atoms with Gasteiger partial charge in [-0.05, 0) is 30.7 Å². The molecule has 0 unspecified atom stereocenters. The molecule has 0 bridgehead atoms. The lowest BCUT2D eigenvalue weighted by Gasteiger charge is -2.24. The molecular weight excluding hydrogens is 374 g/mol. The number of hydrogen-bond donors (Lipinski definition) is 1. The van der Waals surface area contributed by atoms with Crippen LogP contribution in [0, 0.1) is 6.92 Å². The van der Waals surface area contributed by atoms with Crippen molar-refractivity contribution in [2.75, 3.05) is 25.6 Å². The number of ether oxygens (including phenoxy) is 4.